The average molecular weight is 454 g/mol. The summed E-state index contributed by atoms with van der Waals surface area (Å²) < 4.78 is 33.0. The van der Waals surface area contributed by atoms with E-state index in [1.807, 2.05) is 4.90 Å². The zero-order chi connectivity index (χ0) is 23.4. The molecule has 8 nitrogen and oxygen atoms in total. The second-order valence-corrected chi connectivity index (χ2v) is 7.62. The maximum atomic E-state index is 14.6. The SMILES string of the molecule is COCCC(=O)N1CCN(c2cnc(-c3ccc(F)cc3F)c(-c3ccncc3N)n2)CC1. The zero-order valence-electron chi connectivity index (χ0n) is 18.2. The molecule has 0 unspecified atom stereocenters. The molecule has 1 aliphatic rings. The molecule has 2 N–H and O–H groups in total. The molecule has 0 bridgehead atoms. The van der Waals surface area contributed by atoms with Crippen LogP contribution in [0.1, 0.15) is 6.42 Å². The Hall–Kier alpha value is -3.66. The summed E-state index contributed by atoms with van der Waals surface area (Å²) in [5.41, 5.74) is 7.78. The maximum absolute atomic E-state index is 14.6. The minimum Gasteiger partial charge on any atom is -0.397 e. The van der Waals surface area contributed by atoms with Crippen molar-refractivity contribution in [3.8, 4) is 22.5 Å². The number of pyridine rings is 1. The van der Waals surface area contributed by atoms with E-state index in [1.54, 1.807) is 30.5 Å². The summed E-state index contributed by atoms with van der Waals surface area (Å²) in [6.07, 6.45) is 4.95. The molecule has 1 amide bonds. The third-order valence-corrected chi connectivity index (χ3v) is 5.53. The van der Waals surface area contributed by atoms with Crippen molar-refractivity contribution in [2.45, 2.75) is 6.42 Å². The van der Waals surface area contributed by atoms with E-state index in [4.69, 9.17) is 15.5 Å². The predicted molar refractivity (Wildman–Crippen MR) is 120 cm³/mol. The van der Waals surface area contributed by atoms with Gasteiger partial charge in [0, 0.05) is 56.7 Å². The van der Waals surface area contributed by atoms with Crippen molar-refractivity contribution in [1.82, 2.24) is 19.9 Å². The summed E-state index contributed by atoms with van der Waals surface area (Å²) in [5.74, 6) is -0.788. The number of nitrogen functional groups attached to an aromatic ring is 1. The minimum absolute atomic E-state index is 0.0509. The van der Waals surface area contributed by atoms with E-state index in [-0.39, 0.29) is 17.2 Å². The molecule has 33 heavy (non-hydrogen) atoms. The van der Waals surface area contributed by atoms with E-state index in [9.17, 15) is 13.6 Å². The van der Waals surface area contributed by atoms with Gasteiger partial charge in [0.25, 0.3) is 0 Å². The first kappa shape index (κ1) is 22.5. The van der Waals surface area contributed by atoms with E-state index >= 15 is 0 Å². The van der Waals surface area contributed by atoms with Gasteiger partial charge in [-0.05, 0) is 18.2 Å². The van der Waals surface area contributed by atoms with E-state index in [0.29, 0.717) is 62.0 Å². The van der Waals surface area contributed by atoms with Crippen LogP contribution in [-0.2, 0) is 9.53 Å². The standard InChI is InChI=1S/C23H24F2N6O2/c1-33-11-5-21(32)31-9-7-30(8-10-31)20-14-28-22(16-3-2-15(24)12-18(16)25)23(29-20)17-4-6-27-13-19(17)26/h2-4,6,12-14H,5,7-11,26H2,1H3. The number of amides is 1. The topological polar surface area (TPSA) is 97.5 Å². The number of methoxy groups -OCH3 is 1. The van der Waals surface area contributed by atoms with E-state index in [2.05, 4.69) is 9.97 Å². The summed E-state index contributed by atoms with van der Waals surface area (Å²) >= 11 is 0. The Morgan fingerprint density at radius 1 is 1.09 bits per heavy atom. The fourth-order valence-electron chi connectivity index (χ4n) is 3.75. The van der Waals surface area contributed by atoms with Crippen LogP contribution < -0.4 is 10.6 Å². The summed E-state index contributed by atoms with van der Waals surface area (Å²) in [5, 5.41) is 0. The van der Waals surface area contributed by atoms with Gasteiger partial charge in [0.2, 0.25) is 5.91 Å². The molecule has 1 saturated heterocycles. The van der Waals surface area contributed by atoms with Crippen molar-refractivity contribution in [1.29, 1.82) is 0 Å². The van der Waals surface area contributed by atoms with Crippen LogP contribution in [0.2, 0.25) is 0 Å². The molecule has 3 heterocycles. The number of ether oxygens (including phenoxy) is 1. The lowest BCUT2D eigenvalue weighted by atomic mass is 10.0. The number of hydrogen-bond acceptors (Lipinski definition) is 7. The number of carbonyl (C=O) groups excluding carboxylic acids is 1. The van der Waals surface area contributed by atoms with Crippen LogP contribution in [0.3, 0.4) is 0 Å². The number of rotatable bonds is 6. The predicted octanol–water partition coefficient (Wildman–Crippen LogP) is 2.75. The van der Waals surface area contributed by atoms with Gasteiger partial charge < -0.3 is 20.3 Å². The quantitative estimate of drug-likeness (QED) is 0.612. The molecule has 0 spiro atoms. The molecule has 2 aromatic heterocycles. The van der Waals surface area contributed by atoms with Crippen molar-refractivity contribution in [2.24, 2.45) is 0 Å². The van der Waals surface area contributed by atoms with Crippen LogP contribution in [0, 0.1) is 11.6 Å². The summed E-state index contributed by atoms with van der Waals surface area (Å²) in [6.45, 7) is 2.63. The summed E-state index contributed by atoms with van der Waals surface area (Å²) in [4.78, 5) is 29.3. The van der Waals surface area contributed by atoms with Gasteiger partial charge in [-0.3, -0.25) is 9.78 Å². The molecule has 172 valence electrons. The monoisotopic (exact) mass is 454 g/mol. The molecule has 3 aromatic rings. The molecule has 0 atom stereocenters. The van der Waals surface area contributed by atoms with Crippen molar-refractivity contribution < 1.29 is 18.3 Å². The van der Waals surface area contributed by atoms with E-state index < -0.39 is 11.6 Å². The number of halogens is 2. The second kappa shape index (κ2) is 9.86. The number of benzene rings is 1. The average Bonchev–Trinajstić information content (AvgIpc) is 2.83. The molecular formula is C23H24F2N6O2. The van der Waals surface area contributed by atoms with Gasteiger partial charge in [-0.15, -0.1) is 0 Å². The molecule has 1 aromatic carbocycles. The first-order chi connectivity index (χ1) is 16.0. The Kier molecular flexibility index (Phi) is 6.74. The number of anilines is 2. The first-order valence-electron chi connectivity index (χ1n) is 10.5. The molecule has 1 fully saturated rings. The molecular weight excluding hydrogens is 430 g/mol. The molecule has 0 saturated carbocycles. The highest BCUT2D eigenvalue weighted by molar-refractivity contribution is 5.84. The van der Waals surface area contributed by atoms with Crippen molar-refractivity contribution in [2.75, 3.05) is 50.5 Å². The second-order valence-electron chi connectivity index (χ2n) is 7.62. The number of hydrogen-bond donors (Lipinski definition) is 1. The van der Waals surface area contributed by atoms with Gasteiger partial charge in [-0.1, -0.05) is 0 Å². The van der Waals surface area contributed by atoms with Crippen LogP contribution in [-0.4, -0.2) is 65.7 Å². The van der Waals surface area contributed by atoms with Gasteiger partial charge in [0.1, 0.15) is 23.1 Å². The Morgan fingerprint density at radius 2 is 1.88 bits per heavy atom. The van der Waals surface area contributed by atoms with Gasteiger partial charge in [-0.25, -0.2) is 18.7 Å². The van der Waals surface area contributed by atoms with Crippen LogP contribution in [0.4, 0.5) is 20.3 Å². The van der Waals surface area contributed by atoms with Crippen molar-refractivity contribution >= 4 is 17.4 Å². The number of carbonyl (C=O) groups is 1. The van der Waals surface area contributed by atoms with Gasteiger partial charge >= 0.3 is 0 Å². The highest BCUT2D eigenvalue weighted by Gasteiger charge is 2.24. The molecule has 0 radical (unpaired) electrons. The molecule has 1 aliphatic heterocycles. The highest BCUT2D eigenvalue weighted by Crippen LogP contribution is 2.34. The number of aromatic nitrogens is 3. The number of piperazine rings is 1. The van der Waals surface area contributed by atoms with Crippen LogP contribution in [0.5, 0.6) is 0 Å². The van der Waals surface area contributed by atoms with Gasteiger partial charge in [0.05, 0.1) is 36.8 Å². The molecule has 10 heteroatoms. The van der Waals surface area contributed by atoms with E-state index in [0.717, 1.165) is 6.07 Å². The highest BCUT2D eigenvalue weighted by atomic mass is 19.1. The third-order valence-electron chi connectivity index (χ3n) is 5.53. The fraction of sp³-hybridized carbons (Fsp3) is 0.304. The largest absolute Gasteiger partial charge is 0.397 e. The fourth-order valence-corrected chi connectivity index (χ4v) is 3.75. The Bertz CT molecular complexity index is 1150. The van der Waals surface area contributed by atoms with E-state index in [1.165, 1.54) is 18.3 Å². The van der Waals surface area contributed by atoms with Gasteiger partial charge in [-0.2, -0.15) is 0 Å². The number of nitrogens with zero attached hydrogens (tertiary/aromatic N) is 5. The minimum atomic E-state index is -0.742. The lowest BCUT2D eigenvalue weighted by Gasteiger charge is -2.35. The lowest BCUT2D eigenvalue weighted by Crippen LogP contribution is -2.49. The Balaban J connectivity index is 1.66. The smallest absolute Gasteiger partial charge is 0.225 e. The Morgan fingerprint density at radius 3 is 2.58 bits per heavy atom. The number of nitrogens with two attached hydrogens (primary N) is 1. The zero-order valence-corrected chi connectivity index (χ0v) is 18.2. The van der Waals surface area contributed by atoms with Gasteiger partial charge in [0.15, 0.2) is 0 Å². The van der Waals surface area contributed by atoms with Crippen LogP contribution in [0.25, 0.3) is 22.5 Å². The normalized spacial score (nSPS) is 13.9. The first-order valence-corrected chi connectivity index (χ1v) is 10.5. The lowest BCUT2D eigenvalue weighted by molar-refractivity contribution is -0.132. The van der Waals surface area contributed by atoms with Crippen molar-refractivity contribution in [3.05, 3.63) is 54.5 Å². The maximum Gasteiger partial charge on any atom is 0.225 e. The van der Waals surface area contributed by atoms with Crippen LogP contribution >= 0.6 is 0 Å². The van der Waals surface area contributed by atoms with Crippen molar-refractivity contribution in [3.63, 3.8) is 0 Å². The molecule has 0 aliphatic carbocycles. The summed E-state index contributed by atoms with van der Waals surface area (Å²) in [7, 11) is 1.57. The molecule has 4 rings (SSSR count). The third kappa shape index (κ3) is 4.90. The Labute approximate surface area is 190 Å². The van der Waals surface area contributed by atoms with Crippen LogP contribution in [0.15, 0.2) is 42.9 Å². The summed E-state index contributed by atoms with van der Waals surface area (Å²) in [6, 6.07) is 5.00.